The van der Waals surface area contributed by atoms with Gasteiger partial charge in [-0.05, 0) is 0 Å². The monoisotopic (exact) mass is 176 g/mol. The maximum atomic E-state index is 9.61. The van der Waals surface area contributed by atoms with Crippen molar-refractivity contribution >= 4 is 5.97 Å². The summed E-state index contributed by atoms with van der Waals surface area (Å²) in [6, 6.07) is 0. The molecule has 0 aliphatic carbocycles. The third-order valence-corrected chi connectivity index (χ3v) is 0.516. The van der Waals surface area contributed by atoms with Crippen LogP contribution in [0.1, 0.15) is 0 Å². The second-order valence-electron chi connectivity index (χ2n) is 1.03. The summed E-state index contributed by atoms with van der Waals surface area (Å²) in [4.78, 5) is 9.61. The number of hydrogen-bond acceptors (Lipinski definition) is 2. The van der Waals surface area contributed by atoms with Crippen molar-refractivity contribution in [2.75, 3.05) is 0 Å². The molecule has 0 aromatic carbocycles. The van der Waals surface area contributed by atoms with E-state index < -0.39 is 12.1 Å². The van der Waals surface area contributed by atoms with E-state index in [1.807, 2.05) is 0 Å². The Bertz CT molecular complexity index is 78.2. The van der Waals surface area contributed by atoms with Gasteiger partial charge in [0.05, 0.1) is 0 Å². The molecule has 0 amide bonds. The zero-order valence-electron chi connectivity index (χ0n) is 3.50. The van der Waals surface area contributed by atoms with Crippen LogP contribution in [0.2, 0.25) is 0 Å². The third-order valence-electron chi connectivity index (χ3n) is 0.516. The van der Waals surface area contributed by atoms with E-state index in [0.717, 1.165) is 0 Å². The molecule has 37 valence electrons. The van der Waals surface area contributed by atoms with Crippen LogP contribution < -0.4 is 0 Å². The van der Waals surface area contributed by atoms with Crippen LogP contribution in [-0.2, 0) is 42.2 Å². The van der Waals surface area contributed by atoms with Crippen LogP contribution in [0.4, 0.5) is 0 Å². The number of carbonyl (C=O) groups is 1. The summed E-state index contributed by atoms with van der Waals surface area (Å²) < 4.78 is 4.25. The van der Waals surface area contributed by atoms with Gasteiger partial charge < -0.3 is 9.84 Å². The quantitative estimate of drug-likeness (QED) is 0.438. The van der Waals surface area contributed by atoms with E-state index in [-0.39, 0.29) is 32.7 Å². The molecule has 1 aliphatic heterocycles. The average Bonchev–Trinajstić information content (AvgIpc) is 2.06. The molecule has 0 spiro atoms. The predicted molar refractivity (Wildman–Crippen MR) is 16.8 cm³/mol. The molecule has 1 atom stereocenters. The van der Waals surface area contributed by atoms with Gasteiger partial charge in [0.2, 0.25) is 0 Å². The van der Waals surface area contributed by atoms with Crippen molar-refractivity contribution in [3.8, 4) is 0 Å². The first-order valence-corrected chi connectivity index (χ1v) is 1.52. The van der Waals surface area contributed by atoms with Crippen LogP contribution in [0.3, 0.4) is 0 Å². The van der Waals surface area contributed by atoms with E-state index in [0.29, 0.717) is 0 Å². The van der Waals surface area contributed by atoms with Gasteiger partial charge in [0, 0.05) is 38.8 Å². The van der Waals surface area contributed by atoms with Gasteiger partial charge in [0.1, 0.15) is 0 Å². The molecule has 1 rings (SSSR count). The number of rotatable bonds is 1. The Morgan fingerprint density at radius 2 is 2.29 bits per heavy atom. The van der Waals surface area contributed by atoms with Crippen molar-refractivity contribution in [3.63, 3.8) is 0 Å². The number of hydrogen-bond donors (Lipinski definition) is 1. The standard InChI is InChI=1S/C3H3O3.Y/c4-3(5)2-1-6-2;/h1-2H,(H,4,5);/q-1;. The molecule has 1 unspecified atom stereocenters. The number of ether oxygens (including phenoxy) is 1. The van der Waals surface area contributed by atoms with Crippen molar-refractivity contribution < 1.29 is 47.3 Å². The molecule has 0 saturated carbocycles. The maximum absolute atomic E-state index is 9.61. The minimum atomic E-state index is -0.907. The molecule has 0 aromatic rings. The molecule has 1 radical (unpaired) electrons. The molecule has 7 heavy (non-hydrogen) atoms. The van der Waals surface area contributed by atoms with Crippen LogP contribution in [0.15, 0.2) is 0 Å². The Kier molecular flexibility index (Phi) is 2.96. The summed E-state index contributed by atoms with van der Waals surface area (Å²) in [5.74, 6) is -0.907. The Balaban J connectivity index is 0.000000360. The van der Waals surface area contributed by atoms with Crippen LogP contribution in [0, 0.1) is 6.61 Å². The average molecular weight is 176 g/mol. The summed E-state index contributed by atoms with van der Waals surface area (Å²) in [6.45, 7) is 1.27. The van der Waals surface area contributed by atoms with Crippen molar-refractivity contribution in [1.29, 1.82) is 0 Å². The molecule has 1 saturated heterocycles. The molecule has 0 bridgehead atoms. The Hall–Kier alpha value is 0.534. The van der Waals surface area contributed by atoms with Crippen molar-refractivity contribution in [2.45, 2.75) is 6.10 Å². The number of aliphatic carboxylic acids is 1. The van der Waals surface area contributed by atoms with Crippen LogP contribution >= 0.6 is 0 Å². The first kappa shape index (κ1) is 7.53. The van der Waals surface area contributed by atoms with Crippen LogP contribution in [-0.4, -0.2) is 17.2 Å². The van der Waals surface area contributed by atoms with E-state index in [9.17, 15) is 4.79 Å². The zero-order chi connectivity index (χ0) is 4.57. The molecule has 1 fully saturated rings. The second-order valence-corrected chi connectivity index (χ2v) is 1.03. The Morgan fingerprint density at radius 1 is 1.86 bits per heavy atom. The van der Waals surface area contributed by atoms with Gasteiger partial charge in [0.15, 0.2) is 0 Å². The van der Waals surface area contributed by atoms with E-state index in [4.69, 9.17) is 5.11 Å². The first-order valence-electron chi connectivity index (χ1n) is 1.52. The van der Waals surface area contributed by atoms with E-state index in [1.165, 1.54) is 6.61 Å². The fraction of sp³-hybridized carbons (Fsp3) is 0.333. The topological polar surface area (TPSA) is 49.8 Å². The molecular formula is C3H3O3Y-. The smallest absolute Gasteiger partial charge is 0.299 e. The van der Waals surface area contributed by atoms with Gasteiger partial charge in [-0.2, -0.15) is 6.61 Å². The summed E-state index contributed by atoms with van der Waals surface area (Å²) in [7, 11) is 0. The van der Waals surface area contributed by atoms with Crippen LogP contribution in [0.25, 0.3) is 0 Å². The summed E-state index contributed by atoms with van der Waals surface area (Å²) in [5.41, 5.74) is 0. The maximum Gasteiger partial charge on any atom is 0.299 e. The van der Waals surface area contributed by atoms with E-state index >= 15 is 0 Å². The van der Waals surface area contributed by atoms with Gasteiger partial charge in [-0.3, -0.25) is 4.79 Å². The fourth-order valence-electron chi connectivity index (χ4n) is 0.156. The molecule has 1 aliphatic rings. The minimum absolute atomic E-state index is 0. The van der Waals surface area contributed by atoms with E-state index in [1.54, 1.807) is 0 Å². The number of epoxide rings is 1. The number of carboxylic acids is 1. The predicted octanol–water partition coefficient (Wildman–Crippen LogP) is -0.371. The molecule has 3 nitrogen and oxygen atoms in total. The zero-order valence-corrected chi connectivity index (χ0v) is 6.33. The number of carboxylic acid groups (broad SMARTS) is 1. The fourth-order valence-corrected chi connectivity index (χ4v) is 0.156. The largest absolute Gasteiger partial charge is 0.561 e. The van der Waals surface area contributed by atoms with Gasteiger partial charge in [-0.15, -0.1) is 0 Å². The summed E-state index contributed by atoms with van der Waals surface area (Å²) >= 11 is 0. The summed E-state index contributed by atoms with van der Waals surface area (Å²) in [6.07, 6.45) is -0.606. The molecule has 1 heterocycles. The van der Waals surface area contributed by atoms with Crippen LogP contribution in [0.5, 0.6) is 0 Å². The Morgan fingerprint density at radius 3 is 2.29 bits per heavy atom. The van der Waals surface area contributed by atoms with Crippen molar-refractivity contribution in [3.05, 3.63) is 6.61 Å². The molecular weight excluding hydrogens is 173 g/mol. The van der Waals surface area contributed by atoms with Crippen molar-refractivity contribution in [2.24, 2.45) is 0 Å². The van der Waals surface area contributed by atoms with Gasteiger partial charge in [0.25, 0.3) is 5.97 Å². The summed E-state index contributed by atoms with van der Waals surface area (Å²) in [5, 5.41) is 7.90. The molecule has 4 heteroatoms. The SMILES string of the molecule is O=C(O)C1[CH-]O1.[Y]. The normalized spacial score (nSPS) is 25.4. The third kappa shape index (κ3) is 2.37. The molecule has 0 aromatic heterocycles. The van der Waals surface area contributed by atoms with Crippen molar-refractivity contribution in [1.82, 2.24) is 0 Å². The van der Waals surface area contributed by atoms with Gasteiger partial charge in [-0.25, -0.2) is 0 Å². The van der Waals surface area contributed by atoms with Gasteiger partial charge >= 0.3 is 0 Å². The van der Waals surface area contributed by atoms with Gasteiger partial charge in [-0.1, -0.05) is 0 Å². The minimum Gasteiger partial charge on any atom is -0.561 e. The first-order chi connectivity index (χ1) is 2.80. The van der Waals surface area contributed by atoms with E-state index in [2.05, 4.69) is 4.74 Å². The molecule has 1 N–H and O–H groups in total. The Labute approximate surface area is 65.9 Å². The second kappa shape index (κ2) is 2.75.